The molecular weight excluding hydrogens is 224 g/mol. The molecule has 0 spiro atoms. The van der Waals surface area contributed by atoms with Crippen molar-refractivity contribution < 1.29 is 0 Å². The summed E-state index contributed by atoms with van der Waals surface area (Å²) < 4.78 is 2.12. The summed E-state index contributed by atoms with van der Waals surface area (Å²) in [5.74, 6) is 0. The maximum Gasteiger partial charge on any atom is 0.0673 e. The molecule has 0 saturated heterocycles. The predicted molar refractivity (Wildman–Crippen MR) is 76.7 cm³/mol. The topological polar surface area (TPSA) is 33.1 Å². The number of aromatic nitrogens is 2. The van der Waals surface area contributed by atoms with E-state index < -0.39 is 0 Å². The van der Waals surface area contributed by atoms with E-state index in [0.717, 1.165) is 19.5 Å². The normalized spacial score (nSPS) is 14.2. The molecule has 1 heterocycles. The summed E-state index contributed by atoms with van der Waals surface area (Å²) in [4.78, 5) is 2.27. The highest BCUT2D eigenvalue weighted by Gasteiger charge is 2.34. The molecule has 1 unspecified atom stereocenters. The number of nitrogens with zero attached hydrogens (tertiary/aromatic N) is 3. The van der Waals surface area contributed by atoms with Gasteiger partial charge in [0.1, 0.15) is 0 Å². The van der Waals surface area contributed by atoms with Crippen LogP contribution in [0, 0.1) is 0 Å². The molecule has 18 heavy (non-hydrogen) atoms. The van der Waals surface area contributed by atoms with Gasteiger partial charge in [0.15, 0.2) is 0 Å². The van der Waals surface area contributed by atoms with Gasteiger partial charge in [0.05, 0.1) is 11.7 Å². The lowest BCUT2D eigenvalue weighted by molar-refractivity contribution is 0.133. The fourth-order valence-electron chi connectivity index (χ4n) is 2.17. The van der Waals surface area contributed by atoms with E-state index in [0.29, 0.717) is 0 Å². The van der Waals surface area contributed by atoms with Gasteiger partial charge in [0, 0.05) is 18.3 Å². The van der Waals surface area contributed by atoms with Crippen LogP contribution in [0.2, 0.25) is 0 Å². The van der Waals surface area contributed by atoms with Crippen LogP contribution in [-0.2, 0) is 6.54 Å². The summed E-state index contributed by atoms with van der Waals surface area (Å²) in [5.41, 5.74) is 1.32. The molecule has 1 aromatic heterocycles. The zero-order valence-corrected chi connectivity index (χ0v) is 12.7. The van der Waals surface area contributed by atoms with Crippen molar-refractivity contribution in [3.05, 3.63) is 18.0 Å². The van der Waals surface area contributed by atoms with Crippen LogP contribution in [0.25, 0.3) is 0 Å². The fourth-order valence-corrected chi connectivity index (χ4v) is 2.17. The first-order valence-corrected chi connectivity index (χ1v) is 6.87. The Balaban J connectivity index is 3.07. The highest BCUT2D eigenvalue weighted by atomic mass is 15.3. The number of rotatable bonds is 7. The molecule has 0 aliphatic heterocycles. The Hall–Kier alpha value is -0.870. The minimum absolute atomic E-state index is 0.0432. The molecule has 0 saturated carbocycles. The van der Waals surface area contributed by atoms with Gasteiger partial charge in [-0.25, -0.2) is 0 Å². The standard InChI is InChI=1S/C14H28N4/c1-7-11-18-12(9-10-16-18)13(15-8-2)14(3,4)17(5)6/h9-10,13,15H,7-8,11H2,1-6H3. The third kappa shape index (κ3) is 3.12. The van der Waals surface area contributed by atoms with E-state index in [1.807, 2.05) is 6.20 Å². The monoisotopic (exact) mass is 252 g/mol. The van der Waals surface area contributed by atoms with E-state index in [1.165, 1.54) is 5.69 Å². The molecule has 4 heteroatoms. The molecule has 1 rings (SSSR count). The predicted octanol–water partition coefficient (Wildman–Crippen LogP) is 2.28. The number of hydrogen-bond donors (Lipinski definition) is 1. The van der Waals surface area contributed by atoms with Gasteiger partial charge in [-0.05, 0) is 47.0 Å². The second-order valence-corrected chi connectivity index (χ2v) is 5.52. The lowest BCUT2D eigenvalue weighted by Gasteiger charge is -2.40. The lowest BCUT2D eigenvalue weighted by Crippen LogP contribution is -2.50. The van der Waals surface area contributed by atoms with Gasteiger partial charge in [-0.2, -0.15) is 5.10 Å². The van der Waals surface area contributed by atoms with Crippen molar-refractivity contribution in [1.29, 1.82) is 0 Å². The van der Waals surface area contributed by atoms with E-state index in [1.54, 1.807) is 0 Å². The second kappa shape index (κ2) is 6.34. The van der Waals surface area contributed by atoms with Gasteiger partial charge in [0.2, 0.25) is 0 Å². The minimum Gasteiger partial charge on any atom is -0.307 e. The maximum absolute atomic E-state index is 4.44. The summed E-state index contributed by atoms with van der Waals surface area (Å²) in [6, 6.07) is 2.42. The van der Waals surface area contributed by atoms with Gasteiger partial charge in [-0.1, -0.05) is 13.8 Å². The van der Waals surface area contributed by atoms with Crippen LogP contribution in [0.15, 0.2) is 12.3 Å². The molecule has 0 radical (unpaired) electrons. The zero-order valence-electron chi connectivity index (χ0n) is 12.7. The maximum atomic E-state index is 4.44. The van der Waals surface area contributed by atoms with Crippen LogP contribution in [-0.4, -0.2) is 40.9 Å². The Kier molecular flexibility index (Phi) is 5.35. The lowest BCUT2D eigenvalue weighted by atomic mass is 9.90. The van der Waals surface area contributed by atoms with Crippen molar-refractivity contribution in [3.8, 4) is 0 Å². The summed E-state index contributed by atoms with van der Waals surface area (Å²) >= 11 is 0. The average Bonchev–Trinajstić information content (AvgIpc) is 2.74. The van der Waals surface area contributed by atoms with Gasteiger partial charge < -0.3 is 10.2 Å². The SMILES string of the molecule is CCCn1nccc1C(NCC)C(C)(C)N(C)C. The van der Waals surface area contributed by atoms with Crippen LogP contribution >= 0.6 is 0 Å². The van der Waals surface area contributed by atoms with Crippen LogP contribution in [0.5, 0.6) is 0 Å². The minimum atomic E-state index is 0.0432. The van der Waals surface area contributed by atoms with E-state index in [4.69, 9.17) is 0 Å². The second-order valence-electron chi connectivity index (χ2n) is 5.52. The molecular formula is C14H28N4. The largest absolute Gasteiger partial charge is 0.307 e. The molecule has 0 aliphatic carbocycles. The highest BCUT2D eigenvalue weighted by Crippen LogP contribution is 2.29. The Morgan fingerprint density at radius 3 is 2.56 bits per heavy atom. The van der Waals surface area contributed by atoms with Gasteiger partial charge in [0.25, 0.3) is 0 Å². The average molecular weight is 252 g/mol. The van der Waals surface area contributed by atoms with E-state index in [-0.39, 0.29) is 11.6 Å². The van der Waals surface area contributed by atoms with Crippen LogP contribution < -0.4 is 5.32 Å². The summed E-state index contributed by atoms with van der Waals surface area (Å²) in [5, 5.41) is 8.04. The molecule has 1 N–H and O–H groups in total. The first kappa shape index (κ1) is 15.2. The molecule has 1 aromatic rings. The van der Waals surface area contributed by atoms with Crippen molar-refractivity contribution in [3.63, 3.8) is 0 Å². The molecule has 104 valence electrons. The molecule has 1 atom stereocenters. The van der Waals surface area contributed by atoms with Gasteiger partial charge in [-0.15, -0.1) is 0 Å². The Morgan fingerprint density at radius 2 is 2.06 bits per heavy atom. The van der Waals surface area contributed by atoms with Crippen molar-refractivity contribution in [1.82, 2.24) is 20.0 Å². The van der Waals surface area contributed by atoms with Crippen molar-refractivity contribution in [2.75, 3.05) is 20.6 Å². The number of nitrogens with one attached hydrogen (secondary N) is 1. The van der Waals surface area contributed by atoms with Crippen LogP contribution in [0.3, 0.4) is 0 Å². The molecule has 0 bridgehead atoms. The third-order valence-electron chi connectivity index (χ3n) is 3.75. The van der Waals surface area contributed by atoms with Gasteiger partial charge >= 0.3 is 0 Å². The first-order valence-electron chi connectivity index (χ1n) is 6.87. The van der Waals surface area contributed by atoms with E-state index in [9.17, 15) is 0 Å². The molecule has 0 aliphatic rings. The quantitative estimate of drug-likeness (QED) is 0.808. The number of likely N-dealkylation sites (N-methyl/N-ethyl adjacent to an activating group) is 2. The highest BCUT2D eigenvalue weighted by molar-refractivity contribution is 5.13. The van der Waals surface area contributed by atoms with Gasteiger partial charge in [-0.3, -0.25) is 4.68 Å². The fraction of sp³-hybridized carbons (Fsp3) is 0.786. The van der Waals surface area contributed by atoms with E-state index in [2.05, 4.69) is 67.9 Å². The van der Waals surface area contributed by atoms with Crippen LogP contribution in [0.4, 0.5) is 0 Å². The van der Waals surface area contributed by atoms with Crippen molar-refractivity contribution >= 4 is 0 Å². The van der Waals surface area contributed by atoms with Crippen molar-refractivity contribution in [2.24, 2.45) is 0 Å². The molecule has 0 aromatic carbocycles. The number of aryl methyl sites for hydroxylation is 1. The van der Waals surface area contributed by atoms with Crippen LogP contribution in [0.1, 0.15) is 45.9 Å². The summed E-state index contributed by atoms with van der Waals surface area (Å²) in [7, 11) is 4.26. The smallest absolute Gasteiger partial charge is 0.0673 e. The Bertz CT molecular complexity index is 354. The Morgan fingerprint density at radius 1 is 1.39 bits per heavy atom. The third-order valence-corrected chi connectivity index (χ3v) is 3.75. The summed E-state index contributed by atoms with van der Waals surface area (Å²) in [6.07, 6.45) is 3.01. The Labute approximate surface area is 111 Å². The molecule has 0 amide bonds. The van der Waals surface area contributed by atoms with E-state index >= 15 is 0 Å². The molecule has 4 nitrogen and oxygen atoms in total. The van der Waals surface area contributed by atoms with Crippen molar-refractivity contribution in [2.45, 2.75) is 52.2 Å². The molecule has 0 fully saturated rings. The number of hydrogen-bond acceptors (Lipinski definition) is 3. The first-order chi connectivity index (χ1) is 8.45. The summed E-state index contributed by atoms with van der Waals surface area (Å²) in [6.45, 7) is 10.8. The zero-order chi connectivity index (χ0) is 13.8.